The Morgan fingerprint density at radius 1 is 1.05 bits per heavy atom. The van der Waals surface area contributed by atoms with Crippen molar-refractivity contribution < 1.29 is 0 Å². The fourth-order valence-electron chi connectivity index (χ4n) is 3.09. The van der Waals surface area contributed by atoms with E-state index in [0.717, 1.165) is 23.0 Å². The average molecular weight is 274 g/mol. The van der Waals surface area contributed by atoms with Crippen LogP contribution in [0.5, 0.6) is 0 Å². The molecule has 0 atom stereocenters. The first kappa shape index (κ1) is 13.5. The van der Waals surface area contributed by atoms with E-state index in [1.165, 1.54) is 22.3 Å². The molecule has 0 bridgehead atoms. The fraction of sp³-hybridized carbons (Fsp3) is 0.211. The third kappa shape index (κ3) is 2.32. The van der Waals surface area contributed by atoms with Crippen molar-refractivity contribution in [2.24, 2.45) is 0 Å². The molecule has 1 aromatic heterocycles. The molecule has 0 saturated heterocycles. The first-order valence-electron chi connectivity index (χ1n) is 7.15. The normalized spacial score (nSPS) is 10.8. The van der Waals surface area contributed by atoms with Crippen LogP contribution in [0.3, 0.4) is 0 Å². The Bertz CT molecular complexity index is 840. The molecule has 0 aliphatic rings. The average Bonchev–Trinajstić information content (AvgIpc) is 2.85. The van der Waals surface area contributed by atoms with Crippen LogP contribution in [-0.2, 0) is 6.54 Å². The molecule has 2 aromatic carbocycles. The predicted molar refractivity (Wildman–Crippen MR) is 86.4 cm³/mol. The van der Waals surface area contributed by atoms with E-state index < -0.39 is 0 Å². The van der Waals surface area contributed by atoms with Gasteiger partial charge in [-0.05, 0) is 55.7 Å². The monoisotopic (exact) mass is 274 g/mol. The van der Waals surface area contributed by atoms with Gasteiger partial charge in [-0.15, -0.1) is 0 Å². The lowest BCUT2D eigenvalue weighted by atomic mass is 10.00. The summed E-state index contributed by atoms with van der Waals surface area (Å²) in [4.78, 5) is 0. The lowest BCUT2D eigenvalue weighted by molar-refractivity contribution is 0.823. The van der Waals surface area contributed by atoms with Gasteiger partial charge >= 0.3 is 0 Å². The topological polar surface area (TPSA) is 28.7 Å². The summed E-state index contributed by atoms with van der Waals surface area (Å²) in [5.41, 5.74) is 7.17. The molecule has 21 heavy (non-hydrogen) atoms. The van der Waals surface area contributed by atoms with Gasteiger partial charge in [0, 0.05) is 23.6 Å². The highest BCUT2D eigenvalue weighted by molar-refractivity contribution is 5.86. The van der Waals surface area contributed by atoms with E-state index in [-0.39, 0.29) is 0 Å². The maximum atomic E-state index is 9.19. The number of nitriles is 1. The largest absolute Gasteiger partial charge is 0.343 e. The Morgan fingerprint density at radius 3 is 2.43 bits per heavy atom. The van der Waals surface area contributed by atoms with Crippen molar-refractivity contribution in [3.05, 3.63) is 70.4 Å². The maximum absolute atomic E-state index is 9.19. The zero-order chi connectivity index (χ0) is 15.0. The fourth-order valence-corrected chi connectivity index (χ4v) is 3.09. The quantitative estimate of drug-likeness (QED) is 0.677. The van der Waals surface area contributed by atoms with Crippen molar-refractivity contribution in [3.63, 3.8) is 0 Å². The smallest absolute Gasteiger partial charge is 0.0998 e. The van der Waals surface area contributed by atoms with Crippen LogP contribution in [0.1, 0.15) is 27.8 Å². The molecule has 3 rings (SSSR count). The van der Waals surface area contributed by atoms with Crippen molar-refractivity contribution in [2.45, 2.75) is 27.3 Å². The number of hydrogen-bond acceptors (Lipinski definition) is 1. The SMILES string of the molecule is Cc1cc(C)c(Cn2ccc3c(C#N)cccc32)c(C)c1. The van der Waals surface area contributed by atoms with Gasteiger partial charge < -0.3 is 4.57 Å². The molecule has 0 amide bonds. The minimum Gasteiger partial charge on any atom is -0.343 e. The number of nitrogens with zero attached hydrogens (tertiary/aromatic N) is 2. The molecule has 0 N–H and O–H groups in total. The number of hydrogen-bond donors (Lipinski definition) is 0. The summed E-state index contributed by atoms with van der Waals surface area (Å²) in [6.45, 7) is 7.31. The third-order valence-corrected chi connectivity index (χ3v) is 4.10. The van der Waals surface area contributed by atoms with Gasteiger partial charge in [-0.2, -0.15) is 5.26 Å². The molecular weight excluding hydrogens is 256 g/mol. The molecule has 1 heterocycles. The first-order chi connectivity index (χ1) is 10.1. The number of fused-ring (bicyclic) bond motifs is 1. The van der Waals surface area contributed by atoms with Crippen LogP contribution in [0.2, 0.25) is 0 Å². The Labute approximate surface area is 125 Å². The van der Waals surface area contributed by atoms with E-state index >= 15 is 0 Å². The van der Waals surface area contributed by atoms with Crippen LogP contribution in [0.25, 0.3) is 10.9 Å². The minimum atomic E-state index is 0.739. The number of aromatic nitrogens is 1. The molecule has 0 radical (unpaired) electrons. The van der Waals surface area contributed by atoms with Gasteiger partial charge in [0.15, 0.2) is 0 Å². The zero-order valence-corrected chi connectivity index (χ0v) is 12.6. The minimum absolute atomic E-state index is 0.739. The molecule has 0 aliphatic carbocycles. The Morgan fingerprint density at radius 2 is 1.76 bits per heavy atom. The summed E-state index contributed by atoms with van der Waals surface area (Å²) in [7, 11) is 0. The van der Waals surface area contributed by atoms with Gasteiger partial charge in [-0.3, -0.25) is 0 Å². The first-order valence-corrected chi connectivity index (χ1v) is 7.15. The molecule has 0 fully saturated rings. The van der Waals surface area contributed by atoms with E-state index in [1.807, 2.05) is 18.2 Å². The second-order valence-corrected chi connectivity index (χ2v) is 5.67. The van der Waals surface area contributed by atoms with E-state index in [9.17, 15) is 5.26 Å². The van der Waals surface area contributed by atoms with Crippen LogP contribution in [0.4, 0.5) is 0 Å². The van der Waals surface area contributed by atoms with Crippen molar-refractivity contribution in [1.82, 2.24) is 4.57 Å². The molecule has 2 heteroatoms. The Balaban J connectivity index is 2.10. The van der Waals surface area contributed by atoms with Crippen LogP contribution >= 0.6 is 0 Å². The van der Waals surface area contributed by atoms with E-state index in [1.54, 1.807) is 0 Å². The van der Waals surface area contributed by atoms with E-state index in [4.69, 9.17) is 0 Å². The standard InChI is InChI=1S/C19H18N2/c1-13-9-14(2)18(15(3)10-13)12-21-8-7-17-16(11-20)5-4-6-19(17)21/h4-10H,12H2,1-3H3. The molecule has 0 aliphatic heterocycles. The highest BCUT2D eigenvalue weighted by atomic mass is 14.9. The zero-order valence-electron chi connectivity index (χ0n) is 12.6. The van der Waals surface area contributed by atoms with Crippen LogP contribution < -0.4 is 0 Å². The van der Waals surface area contributed by atoms with Gasteiger partial charge in [-0.25, -0.2) is 0 Å². The summed E-state index contributed by atoms with van der Waals surface area (Å²) in [5.74, 6) is 0. The maximum Gasteiger partial charge on any atom is 0.0998 e. The lowest BCUT2D eigenvalue weighted by Gasteiger charge is -2.13. The summed E-state index contributed by atoms with van der Waals surface area (Å²) in [5, 5.41) is 10.2. The number of rotatable bonds is 2. The summed E-state index contributed by atoms with van der Waals surface area (Å²) in [6, 6.07) is 14.7. The van der Waals surface area contributed by atoms with Crippen molar-refractivity contribution in [2.75, 3.05) is 0 Å². The Kier molecular flexibility index (Phi) is 3.27. The van der Waals surface area contributed by atoms with Gasteiger partial charge in [-0.1, -0.05) is 23.8 Å². The van der Waals surface area contributed by atoms with Crippen molar-refractivity contribution in [1.29, 1.82) is 5.26 Å². The second-order valence-electron chi connectivity index (χ2n) is 5.67. The van der Waals surface area contributed by atoms with Gasteiger partial charge in [0.25, 0.3) is 0 Å². The van der Waals surface area contributed by atoms with Gasteiger partial charge in [0.1, 0.15) is 0 Å². The molecule has 0 spiro atoms. The predicted octanol–water partition coefficient (Wildman–Crippen LogP) is 4.49. The van der Waals surface area contributed by atoms with Gasteiger partial charge in [0.2, 0.25) is 0 Å². The summed E-state index contributed by atoms with van der Waals surface area (Å²) < 4.78 is 2.22. The highest BCUT2D eigenvalue weighted by Crippen LogP contribution is 2.23. The third-order valence-electron chi connectivity index (χ3n) is 4.10. The highest BCUT2D eigenvalue weighted by Gasteiger charge is 2.09. The molecule has 3 aromatic rings. The van der Waals surface area contributed by atoms with Crippen molar-refractivity contribution in [3.8, 4) is 6.07 Å². The van der Waals surface area contributed by atoms with Crippen LogP contribution in [0, 0.1) is 32.1 Å². The number of benzene rings is 2. The molecule has 0 unspecified atom stereocenters. The molecule has 2 nitrogen and oxygen atoms in total. The lowest BCUT2D eigenvalue weighted by Crippen LogP contribution is -2.03. The van der Waals surface area contributed by atoms with Crippen LogP contribution in [-0.4, -0.2) is 4.57 Å². The van der Waals surface area contributed by atoms with Crippen molar-refractivity contribution >= 4 is 10.9 Å². The van der Waals surface area contributed by atoms with Gasteiger partial charge in [0.05, 0.1) is 11.6 Å². The number of aryl methyl sites for hydroxylation is 3. The summed E-state index contributed by atoms with van der Waals surface area (Å²) in [6.07, 6.45) is 2.07. The van der Waals surface area contributed by atoms with E-state index in [2.05, 4.69) is 55.8 Å². The molecule has 104 valence electrons. The van der Waals surface area contributed by atoms with Crippen LogP contribution in [0.15, 0.2) is 42.6 Å². The molecular formula is C19H18N2. The van der Waals surface area contributed by atoms with E-state index in [0.29, 0.717) is 0 Å². The second kappa shape index (κ2) is 5.10. The molecule has 0 saturated carbocycles. The summed E-state index contributed by atoms with van der Waals surface area (Å²) >= 11 is 0. The Hall–Kier alpha value is -2.53.